The molecule has 2 aromatic rings. The molecule has 2 aromatic carbocycles. The van der Waals surface area contributed by atoms with Gasteiger partial charge in [-0.1, -0.05) is 30.3 Å². The van der Waals surface area contributed by atoms with Crippen LogP contribution in [0.5, 0.6) is 5.75 Å². The van der Waals surface area contributed by atoms with Gasteiger partial charge in [0.15, 0.2) is 0 Å². The molecule has 4 heteroatoms. The number of aliphatic carboxylic acids is 1. The van der Waals surface area contributed by atoms with Crippen LogP contribution in [0, 0.1) is 5.92 Å². The smallest absolute Gasteiger partial charge is 0.308 e. The van der Waals surface area contributed by atoms with Crippen LogP contribution < -0.4 is 4.90 Å². The molecule has 4 nitrogen and oxygen atoms in total. The summed E-state index contributed by atoms with van der Waals surface area (Å²) in [6.07, 6.45) is 0.581. The first-order chi connectivity index (χ1) is 10.1. The van der Waals surface area contributed by atoms with Crippen molar-refractivity contribution < 1.29 is 15.0 Å². The van der Waals surface area contributed by atoms with Crippen molar-refractivity contribution in [3.05, 3.63) is 59.7 Å². The van der Waals surface area contributed by atoms with Crippen molar-refractivity contribution in [2.45, 2.75) is 13.0 Å². The van der Waals surface area contributed by atoms with E-state index in [0.29, 0.717) is 19.5 Å². The predicted octanol–water partition coefficient (Wildman–Crippen LogP) is 2.66. The van der Waals surface area contributed by atoms with Crippen molar-refractivity contribution in [1.29, 1.82) is 0 Å². The molecular formula is C17H17NO3. The van der Waals surface area contributed by atoms with Crippen molar-refractivity contribution in [2.75, 3.05) is 11.4 Å². The Morgan fingerprint density at radius 2 is 1.86 bits per heavy atom. The molecule has 0 spiro atoms. The molecule has 0 amide bonds. The number of anilines is 1. The molecular weight excluding hydrogens is 266 g/mol. The van der Waals surface area contributed by atoms with Crippen LogP contribution in [-0.2, 0) is 17.8 Å². The number of para-hydroxylation sites is 1. The number of rotatable bonds is 3. The maximum Gasteiger partial charge on any atom is 0.308 e. The number of carboxylic acid groups (broad SMARTS) is 1. The number of benzene rings is 2. The number of hydrogen-bond donors (Lipinski definition) is 2. The molecule has 1 heterocycles. The zero-order valence-corrected chi connectivity index (χ0v) is 11.6. The fourth-order valence-electron chi connectivity index (χ4n) is 2.82. The van der Waals surface area contributed by atoms with Crippen LogP contribution in [0.25, 0.3) is 0 Å². The topological polar surface area (TPSA) is 60.8 Å². The molecule has 0 aromatic heterocycles. The zero-order valence-electron chi connectivity index (χ0n) is 11.6. The van der Waals surface area contributed by atoms with E-state index in [-0.39, 0.29) is 11.7 Å². The molecule has 1 aliphatic rings. The normalized spacial score (nSPS) is 17.3. The Hall–Kier alpha value is -2.49. The minimum Gasteiger partial charge on any atom is -0.508 e. The van der Waals surface area contributed by atoms with Gasteiger partial charge in [-0.25, -0.2) is 0 Å². The summed E-state index contributed by atoms with van der Waals surface area (Å²) in [6, 6.07) is 15.0. The molecule has 1 aliphatic heterocycles. The Balaban J connectivity index is 1.89. The predicted molar refractivity (Wildman–Crippen MR) is 80.4 cm³/mol. The van der Waals surface area contributed by atoms with Crippen molar-refractivity contribution in [2.24, 2.45) is 5.92 Å². The number of phenolic OH excluding ortho intramolecular Hbond substituents is 1. The maximum absolute atomic E-state index is 11.3. The first kappa shape index (κ1) is 13.5. The molecule has 0 saturated heterocycles. The summed E-state index contributed by atoms with van der Waals surface area (Å²) in [6.45, 7) is 1.15. The third kappa shape index (κ3) is 2.84. The lowest BCUT2D eigenvalue weighted by Crippen LogP contribution is -2.38. The van der Waals surface area contributed by atoms with Crippen LogP contribution in [-0.4, -0.2) is 22.7 Å². The van der Waals surface area contributed by atoms with E-state index in [1.165, 1.54) is 0 Å². The monoisotopic (exact) mass is 283 g/mol. The summed E-state index contributed by atoms with van der Waals surface area (Å²) in [5.74, 6) is -0.890. The number of fused-ring (bicyclic) bond motifs is 1. The van der Waals surface area contributed by atoms with Crippen LogP contribution >= 0.6 is 0 Å². The van der Waals surface area contributed by atoms with E-state index in [9.17, 15) is 15.0 Å². The van der Waals surface area contributed by atoms with Crippen LogP contribution in [0.15, 0.2) is 48.5 Å². The standard InChI is InChI=1S/C17H17NO3/c19-15-7-5-12(6-8-15)10-18-11-14(17(20)21)9-13-3-1-2-4-16(13)18/h1-8,14,19H,9-11H2,(H,20,21). The van der Waals surface area contributed by atoms with Crippen molar-refractivity contribution in [3.63, 3.8) is 0 Å². The van der Waals surface area contributed by atoms with Gasteiger partial charge in [0.1, 0.15) is 5.75 Å². The van der Waals surface area contributed by atoms with Gasteiger partial charge in [0.25, 0.3) is 0 Å². The highest BCUT2D eigenvalue weighted by atomic mass is 16.4. The van der Waals surface area contributed by atoms with E-state index in [0.717, 1.165) is 16.8 Å². The number of phenols is 1. The number of hydrogen-bond acceptors (Lipinski definition) is 3. The van der Waals surface area contributed by atoms with E-state index >= 15 is 0 Å². The molecule has 1 atom stereocenters. The average molecular weight is 283 g/mol. The van der Waals surface area contributed by atoms with Crippen molar-refractivity contribution in [1.82, 2.24) is 0 Å². The van der Waals surface area contributed by atoms with Crippen LogP contribution in [0.4, 0.5) is 5.69 Å². The van der Waals surface area contributed by atoms with E-state index in [1.54, 1.807) is 12.1 Å². The third-order valence-corrected chi connectivity index (χ3v) is 3.90. The molecule has 21 heavy (non-hydrogen) atoms. The summed E-state index contributed by atoms with van der Waals surface area (Å²) in [7, 11) is 0. The number of carboxylic acids is 1. The molecule has 2 N–H and O–H groups in total. The first-order valence-corrected chi connectivity index (χ1v) is 6.97. The second-order valence-corrected chi connectivity index (χ2v) is 5.41. The summed E-state index contributed by atoms with van der Waals surface area (Å²) >= 11 is 0. The second kappa shape index (κ2) is 5.48. The van der Waals surface area contributed by atoms with Gasteiger partial charge in [-0.15, -0.1) is 0 Å². The Labute approximate surface area is 123 Å². The third-order valence-electron chi connectivity index (χ3n) is 3.90. The lowest BCUT2D eigenvalue weighted by molar-refractivity contribution is -0.141. The highest BCUT2D eigenvalue weighted by molar-refractivity contribution is 5.74. The molecule has 0 radical (unpaired) electrons. The lowest BCUT2D eigenvalue weighted by atomic mass is 9.92. The molecule has 0 fully saturated rings. The zero-order chi connectivity index (χ0) is 14.8. The van der Waals surface area contributed by atoms with Crippen LogP contribution in [0.1, 0.15) is 11.1 Å². The average Bonchev–Trinajstić information content (AvgIpc) is 2.49. The Bertz CT molecular complexity index is 651. The van der Waals surface area contributed by atoms with Gasteiger partial charge in [0, 0.05) is 18.8 Å². The molecule has 0 bridgehead atoms. The Kier molecular flexibility index (Phi) is 3.52. The fraction of sp³-hybridized carbons (Fsp3) is 0.235. The Morgan fingerprint density at radius 3 is 2.57 bits per heavy atom. The van der Waals surface area contributed by atoms with E-state index in [1.807, 2.05) is 36.4 Å². The Morgan fingerprint density at radius 1 is 1.14 bits per heavy atom. The quantitative estimate of drug-likeness (QED) is 0.909. The van der Waals surface area contributed by atoms with E-state index < -0.39 is 5.97 Å². The lowest BCUT2D eigenvalue weighted by Gasteiger charge is -2.34. The van der Waals surface area contributed by atoms with Crippen molar-refractivity contribution in [3.8, 4) is 5.75 Å². The molecule has 0 aliphatic carbocycles. The molecule has 0 saturated carbocycles. The van der Waals surface area contributed by atoms with E-state index in [2.05, 4.69) is 4.90 Å². The summed E-state index contributed by atoms with van der Waals surface area (Å²) < 4.78 is 0. The van der Waals surface area contributed by atoms with Gasteiger partial charge in [-0.05, 0) is 35.7 Å². The molecule has 108 valence electrons. The maximum atomic E-state index is 11.3. The number of nitrogens with zero attached hydrogens (tertiary/aromatic N) is 1. The first-order valence-electron chi connectivity index (χ1n) is 6.97. The highest BCUT2D eigenvalue weighted by Crippen LogP contribution is 2.31. The van der Waals surface area contributed by atoms with Crippen molar-refractivity contribution >= 4 is 11.7 Å². The number of aromatic hydroxyl groups is 1. The van der Waals surface area contributed by atoms with Gasteiger partial charge < -0.3 is 15.1 Å². The molecule has 1 unspecified atom stereocenters. The summed E-state index contributed by atoms with van der Waals surface area (Å²) in [5, 5.41) is 18.7. The van der Waals surface area contributed by atoms with Gasteiger partial charge >= 0.3 is 5.97 Å². The minimum absolute atomic E-state index is 0.237. The summed E-state index contributed by atoms with van der Waals surface area (Å²) in [4.78, 5) is 13.4. The molecule has 3 rings (SSSR count). The highest BCUT2D eigenvalue weighted by Gasteiger charge is 2.28. The van der Waals surface area contributed by atoms with Gasteiger partial charge in [-0.3, -0.25) is 4.79 Å². The minimum atomic E-state index is -0.750. The second-order valence-electron chi connectivity index (χ2n) is 5.41. The van der Waals surface area contributed by atoms with Gasteiger partial charge in [-0.2, -0.15) is 0 Å². The van der Waals surface area contributed by atoms with Gasteiger partial charge in [0.05, 0.1) is 5.92 Å². The number of carbonyl (C=O) groups is 1. The van der Waals surface area contributed by atoms with Crippen LogP contribution in [0.3, 0.4) is 0 Å². The largest absolute Gasteiger partial charge is 0.508 e. The summed E-state index contributed by atoms with van der Waals surface area (Å²) in [5.41, 5.74) is 3.23. The fourth-order valence-corrected chi connectivity index (χ4v) is 2.82. The van der Waals surface area contributed by atoms with E-state index in [4.69, 9.17) is 0 Å². The van der Waals surface area contributed by atoms with Gasteiger partial charge in [0.2, 0.25) is 0 Å². The SMILES string of the molecule is O=C(O)C1Cc2ccccc2N(Cc2ccc(O)cc2)C1. The van der Waals surface area contributed by atoms with Crippen LogP contribution in [0.2, 0.25) is 0 Å².